The predicted molar refractivity (Wildman–Crippen MR) is 85.8 cm³/mol. The molecule has 1 aliphatic heterocycles. The van der Waals surface area contributed by atoms with Crippen molar-refractivity contribution < 1.29 is 4.74 Å². The molecule has 0 aliphatic carbocycles. The van der Waals surface area contributed by atoms with Gasteiger partial charge in [0.15, 0.2) is 0 Å². The molecule has 21 heavy (non-hydrogen) atoms. The Morgan fingerprint density at radius 1 is 1.00 bits per heavy atom. The van der Waals surface area contributed by atoms with Crippen LogP contribution in [0.2, 0.25) is 0 Å². The highest BCUT2D eigenvalue weighted by Crippen LogP contribution is 2.24. The highest BCUT2D eigenvalue weighted by Gasteiger charge is 2.11. The first-order valence-electron chi connectivity index (χ1n) is 7.57. The van der Waals surface area contributed by atoms with Gasteiger partial charge in [-0.2, -0.15) is 0 Å². The van der Waals surface area contributed by atoms with Crippen LogP contribution in [0.5, 0.6) is 11.5 Å². The Kier molecular flexibility index (Phi) is 4.53. The van der Waals surface area contributed by atoms with Crippen LogP contribution in [-0.4, -0.2) is 31.1 Å². The van der Waals surface area contributed by atoms with Crippen LogP contribution < -0.4 is 10.1 Å². The van der Waals surface area contributed by atoms with Crippen LogP contribution in [0.3, 0.4) is 0 Å². The fraction of sp³-hybridized carbons (Fsp3) is 0.333. The topological polar surface area (TPSA) is 24.5 Å². The molecular formula is C18H22N2O. The van der Waals surface area contributed by atoms with E-state index in [9.17, 15) is 0 Å². The minimum absolute atomic E-state index is 0.881. The van der Waals surface area contributed by atoms with Gasteiger partial charge in [-0.15, -0.1) is 0 Å². The van der Waals surface area contributed by atoms with E-state index in [4.69, 9.17) is 4.74 Å². The molecule has 0 amide bonds. The number of nitrogens with one attached hydrogen (secondary N) is 1. The van der Waals surface area contributed by atoms with Crippen molar-refractivity contribution in [3.8, 4) is 11.5 Å². The molecule has 110 valence electrons. The maximum Gasteiger partial charge on any atom is 0.127 e. The molecule has 0 spiro atoms. The molecule has 3 nitrogen and oxygen atoms in total. The third-order valence-electron chi connectivity index (χ3n) is 3.90. The Balaban J connectivity index is 1.67. The maximum absolute atomic E-state index is 5.88. The van der Waals surface area contributed by atoms with Crippen molar-refractivity contribution in [3.63, 3.8) is 0 Å². The molecule has 1 N–H and O–H groups in total. The first-order valence-corrected chi connectivity index (χ1v) is 7.57. The van der Waals surface area contributed by atoms with Crippen LogP contribution in [0.1, 0.15) is 11.1 Å². The Morgan fingerprint density at radius 3 is 2.48 bits per heavy atom. The van der Waals surface area contributed by atoms with Crippen molar-refractivity contribution in [2.75, 3.05) is 26.2 Å². The third kappa shape index (κ3) is 3.84. The molecule has 1 saturated heterocycles. The summed E-state index contributed by atoms with van der Waals surface area (Å²) in [5.74, 6) is 1.79. The second-order valence-corrected chi connectivity index (χ2v) is 5.53. The van der Waals surface area contributed by atoms with Crippen molar-refractivity contribution in [2.24, 2.45) is 0 Å². The molecule has 0 atom stereocenters. The monoisotopic (exact) mass is 282 g/mol. The number of hydrogen-bond acceptors (Lipinski definition) is 3. The normalized spacial score (nSPS) is 15.9. The van der Waals surface area contributed by atoms with Gasteiger partial charge in [-0.25, -0.2) is 0 Å². The quantitative estimate of drug-likeness (QED) is 0.932. The summed E-state index contributed by atoms with van der Waals surface area (Å²) in [6.07, 6.45) is 0. The SMILES string of the molecule is Cc1cc(Oc2ccccc2)ccc1CN1CCNCC1. The predicted octanol–water partition coefficient (Wildman–Crippen LogP) is 3.19. The van der Waals surface area contributed by atoms with E-state index in [1.54, 1.807) is 0 Å². The van der Waals surface area contributed by atoms with E-state index in [1.165, 1.54) is 11.1 Å². The minimum atomic E-state index is 0.881. The number of nitrogens with zero attached hydrogens (tertiary/aromatic N) is 1. The number of ether oxygens (including phenoxy) is 1. The Labute approximate surface area is 126 Å². The number of aryl methyl sites for hydroxylation is 1. The molecule has 3 heteroatoms. The van der Waals surface area contributed by atoms with Crippen molar-refractivity contribution in [1.82, 2.24) is 10.2 Å². The molecule has 1 fully saturated rings. The molecule has 1 heterocycles. The van der Waals surface area contributed by atoms with Gasteiger partial charge in [-0.1, -0.05) is 24.3 Å². The van der Waals surface area contributed by atoms with Gasteiger partial charge in [0, 0.05) is 32.7 Å². The molecule has 1 aliphatic rings. The lowest BCUT2D eigenvalue weighted by atomic mass is 10.1. The Hall–Kier alpha value is -1.84. The van der Waals surface area contributed by atoms with Gasteiger partial charge in [-0.05, 0) is 42.3 Å². The zero-order valence-corrected chi connectivity index (χ0v) is 12.5. The summed E-state index contributed by atoms with van der Waals surface area (Å²) < 4.78 is 5.88. The van der Waals surface area contributed by atoms with E-state index in [0.717, 1.165) is 44.2 Å². The van der Waals surface area contributed by atoms with Crippen LogP contribution in [0.4, 0.5) is 0 Å². The second-order valence-electron chi connectivity index (χ2n) is 5.53. The van der Waals surface area contributed by atoms with Crippen molar-refractivity contribution >= 4 is 0 Å². The van der Waals surface area contributed by atoms with Crippen molar-refractivity contribution in [1.29, 1.82) is 0 Å². The second kappa shape index (κ2) is 6.74. The van der Waals surface area contributed by atoms with Gasteiger partial charge in [-0.3, -0.25) is 4.90 Å². The van der Waals surface area contributed by atoms with Crippen LogP contribution in [0.25, 0.3) is 0 Å². The summed E-state index contributed by atoms with van der Waals surface area (Å²) in [6.45, 7) is 7.63. The van der Waals surface area contributed by atoms with E-state index < -0.39 is 0 Å². The molecule has 0 radical (unpaired) electrons. The zero-order valence-electron chi connectivity index (χ0n) is 12.5. The molecule has 3 rings (SSSR count). The summed E-state index contributed by atoms with van der Waals surface area (Å²) in [4.78, 5) is 2.50. The van der Waals surface area contributed by atoms with E-state index in [1.807, 2.05) is 30.3 Å². The van der Waals surface area contributed by atoms with Gasteiger partial charge in [0.05, 0.1) is 0 Å². The van der Waals surface area contributed by atoms with Gasteiger partial charge in [0.25, 0.3) is 0 Å². The largest absolute Gasteiger partial charge is 0.457 e. The number of piperazine rings is 1. The first kappa shape index (κ1) is 14.1. The highest BCUT2D eigenvalue weighted by atomic mass is 16.5. The summed E-state index contributed by atoms with van der Waals surface area (Å²) in [5, 5.41) is 3.39. The molecular weight excluding hydrogens is 260 g/mol. The summed E-state index contributed by atoms with van der Waals surface area (Å²) in [5.41, 5.74) is 2.68. The van der Waals surface area contributed by atoms with E-state index >= 15 is 0 Å². The van der Waals surface area contributed by atoms with Gasteiger partial charge in [0.1, 0.15) is 11.5 Å². The molecule has 2 aromatic rings. The summed E-state index contributed by atoms with van der Waals surface area (Å²) in [6, 6.07) is 16.3. The fourth-order valence-corrected chi connectivity index (χ4v) is 2.64. The van der Waals surface area contributed by atoms with E-state index in [-0.39, 0.29) is 0 Å². The lowest BCUT2D eigenvalue weighted by Gasteiger charge is -2.27. The van der Waals surface area contributed by atoms with Gasteiger partial charge >= 0.3 is 0 Å². The van der Waals surface area contributed by atoms with E-state index in [2.05, 4.69) is 35.3 Å². The van der Waals surface area contributed by atoms with Crippen LogP contribution in [0.15, 0.2) is 48.5 Å². The zero-order chi connectivity index (χ0) is 14.5. The van der Waals surface area contributed by atoms with Crippen LogP contribution in [-0.2, 0) is 6.54 Å². The summed E-state index contributed by atoms with van der Waals surface area (Å²) in [7, 11) is 0. The average molecular weight is 282 g/mol. The van der Waals surface area contributed by atoms with Crippen molar-refractivity contribution in [2.45, 2.75) is 13.5 Å². The third-order valence-corrected chi connectivity index (χ3v) is 3.90. The number of benzene rings is 2. The first-order chi connectivity index (χ1) is 10.3. The van der Waals surface area contributed by atoms with Crippen molar-refractivity contribution in [3.05, 3.63) is 59.7 Å². The molecule has 0 unspecified atom stereocenters. The molecule has 0 bridgehead atoms. The smallest absolute Gasteiger partial charge is 0.127 e. The Morgan fingerprint density at radius 2 is 1.76 bits per heavy atom. The lowest BCUT2D eigenvalue weighted by Crippen LogP contribution is -2.42. The maximum atomic E-state index is 5.88. The number of rotatable bonds is 4. The highest BCUT2D eigenvalue weighted by molar-refractivity contribution is 5.37. The van der Waals surface area contributed by atoms with Crippen LogP contribution in [0, 0.1) is 6.92 Å². The van der Waals surface area contributed by atoms with Gasteiger partial charge in [0.2, 0.25) is 0 Å². The van der Waals surface area contributed by atoms with E-state index in [0.29, 0.717) is 0 Å². The lowest BCUT2D eigenvalue weighted by molar-refractivity contribution is 0.233. The average Bonchev–Trinajstić information content (AvgIpc) is 2.52. The molecule has 0 aromatic heterocycles. The summed E-state index contributed by atoms with van der Waals surface area (Å²) >= 11 is 0. The van der Waals surface area contributed by atoms with Gasteiger partial charge < -0.3 is 10.1 Å². The Bertz CT molecular complexity index is 577. The standard InChI is InChI=1S/C18H22N2O/c1-15-13-18(21-17-5-3-2-4-6-17)8-7-16(15)14-20-11-9-19-10-12-20/h2-8,13,19H,9-12,14H2,1H3. The fourth-order valence-electron chi connectivity index (χ4n) is 2.64. The number of para-hydroxylation sites is 1. The number of hydrogen-bond donors (Lipinski definition) is 1. The molecule has 0 saturated carbocycles. The van der Waals surface area contributed by atoms with Crippen LogP contribution >= 0.6 is 0 Å². The minimum Gasteiger partial charge on any atom is -0.457 e. The molecule has 2 aromatic carbocycles.